The summed E-state index contributed by atoms with van der Waals surface area (Å²) in [5, 5.41) is 5.71. The van der Waals surface area contributed by atoms with Crippen LogP contribution in [0.25, 0.3) is 0 Å². The minimum Gasteiger partial charge on any atom is -0.478 e. The SMILES string of the molecule is CC[C@H]1Oc2cc(S(=O)(=O)N3CCC[C@@H](C(=O)NCc4ccccc4)C3)c(C)cc2NC1=O. The van der Waals surface area contributed by atoms with Crippen molar-refractivity contribution in [2.24, 2.45) is 5.92 Å². The first-order chi connectivity index (χ1) is 15.8. The molecule has 1 fully saturated rings. The van der Waals surface area contributed by atoms with Crippen LogP contribution in [0.4, 0.5) is 5.69 Å². The number of aryl methyl sites for hydroxylation is 1. The van der Waals surface area contributed by atoms with Gasteiger partial charge in [0.05, 0.1) is 16.5 Å². The Labute approximate surface area is 194 Å². The highest BCUT2D eigenvalue weighted by atomic mass is 32.2. The Morgan fingerprint density at radius 1 is 1.24 bits per heavy atom. The third-order valence-electron chi connectivity index (χ3n) is 6.15. The van der Waals surface area contributed by atoms with E-state index in [1.54, 1.807) is 13.0 Å². The molecule has 2 aliphatic heterocycles. The van der Waals surface area contributed by atoms with Crippen LogP contribution in [0.5, 0.6) is 5.75 Å². The maximum atomic E-state index is 13.5. The zero-order chi connectivity index (χ0) is 23.6. The monoisotopic (exact) mass is 471 g/mol. The van der Waals surface area contributed by atoms with Crippen molar-refractivity contribution in [2.45, 2.75) is 50.7 Å². The molecular weight excluding hydrogens is 442 g/mol. The molecule has 0 spiro atoms. The van der Waals surface area contributed by atoms with E-state index < -0.39 is 22.0 Å². The molecule has 0 aliphatic carbocycles. The van der Waals surface area contributed by atoms with Crippen LogP contribution in [0.2, 0.25) is 0 Å². The number of nitrogens with one attached hydrogen (secondary N) is 2. The van der Waals surface area contributed by atoms with Crippen LogP contribution >= 0.6 is 0 Å². The molecule has 2 amide bonds. The minimum absolute atomic E-state index is 0.134. The van der Waals surface area contributed by atoms with Crippen molar-refractivity contribution in [1.29, 1.82) is 0 Å². The summed E-state index contributed by atoms with van der Waals surface area (Å²) >= 11 is 0. The summed E-state index contributed by atoms with van der Waals surface area (Å²) in [7, 11) is -3.84. The molecular formula is C24H29N3O5S. The first-order valence-corrected chi connectivity index (χ1v) is 12.7. The number of ether oxygens (including phenoxy) is 1. The number of hydrogen-bond acceptors (Lipinski definition) is 5. The second-order valence-electron chi connectivity index (χ2n) is 8.52. The summed E-state index contributed by atoms with van der Waals surface area (Å²) < 4.78 is 34.1. The second kappa shape index (κ2) is 9.52. The van der Waals surface area contributed by atoms with Crippen LogP contribution in [0.1, 0.15) is 37.3 Å². The van der Waals surface area contributed by atoms with Gasteiger partial charge in [-0.15, -0.1) is 0 Å². The topological polar surface area (TPSA) is 105 Å². The molecule has 2 atom stereocenters. The molecule has 8 nitrogen and oxygen atoms in total. The lowest BCUT2D eigenvalue weighted by Gasteiger charge is -2.32. The lowest BCUT2D eigenvalue weighted by molar-refractivity contribution is -0.126. The summed E-state index contributed by atoms with van der Waals surface area (Å²) in [6, 6.07) is 12.7. The number of anilines is 1. The normalized spacial score (nSPS) is 21.0. The van der Waals surface area contributed by atoms with Gasteiger partial charge in [-0.1, -0.05) is 37.3 Å². The number of fused-ring (bicyclic) bond motifs is 1. The van der Waals surface area contributed by atoms with Crippen molar-refractivity contribution >= 4 is 27.5 Å². The molecule has 4 rings (SSSR count). The second-order valence-corrected chi connectivity index (χ2v) is 10.4. The summed E-state index contributed by atoms with van der Waals surface area (Å²) in [5.41, 5.74) is 1.98. The molecule has 2 N–H and O–H groups in total. The van der Waals surface area contributed by atoms with Gasteiger partial charge in [0.15, 0.2) is 6.10 Å². The minimum atomic E-state index is -3.84. The molecule has 1 saturated heterocycles. The Morgan fingerprint density at radius 2 is 2.00 bits per heavy atom. The van der Waals surface area contributed by atoms with Crippen LogP contribution < -0.4 is 15.4 Å². The van der Waals surface area contributed by atoms with E-state index in [9.17, 15) is 18.0 Å². The predicted octanol–water partition coefficient (Wildman–Crippen LogP) is 2.82. The van der Waals surface area contributed by atoms with Gasteiger partial charge in [-0.25, -0.2) is 8.42 Å². The van der Waals surface area contributed by atoms with E-state index in [0.717, 1.165) is 5.56 Å². The van der Waals surface area contributed by atoms with Gasteiger partial charge in [0, 0.05) is 25.7 Å². The van der Waals surface area contributed by atoms with Gasteiger partial charge < -0.3 is 15.4 Å². The standard InChI is InChI=1S/C24H29N3O5S/c1-3-20-24(29)26-19-12-16(2)22(13-21(19)32-20)33(30,31)27-11-7-10-18(15-27)23(28)25-14-17-8-5-4-6-9-17/h4-6,8-9,12-13,18,20H,3,7,10-11,14-15H2,1-2H3,(H,25,28)(H,26,29)/t18-,20-/m1/s1. The molecule has 0 unspecified atom stereocenters. The van der Waals surface area contributed by atoms with Gasteiger partial charge in [-0.2, -0.15) is 4.31 Å². The van der Waals surface area contributed by atoms with E-state index in [4.69, 9.17) is 4.74 Å². The highest BCUT2D eigenvalue weighted by Crippen LogP contribution is 2.36. The molecule has 33 heavy (non-hydrogen) atoms. The van der Waals surface area contributed by atoms with Gasteiger partial charge in [0.1, 0.15) is 5.75 Å². The van der Waals surface area contributed by atoms with Gasteiger partial charge in [0.2, 0.25) is 15.9 Å². The Morgan fingerprint density at radius 3 is 2.73 bits per heavy atom. The van der Waals surface area contributed by atoms with Crippen molar-refractivity contribution in [3.05, 3.63) is 53.6 Å². The van der Waals surface area contributed by atoms with Crippen LogP contribution in [0.3, 0.4) is 0 Å². The van der Waals surface area contributed by atoms with E-state index >= 15 is 0 Å². The number of piperidine rings is 1. The first kappa shape index (κ1) is 23.3. The maximum Gasteiger partial charge on any atom is 0.265 e. The molecule has 0 aromatic heterocycles. The Balaban J connectivity index is 1.50. The number of amides is 2. The quantitative estimate of drug-likeness (QED) is 0.674. The van der Waals surface area contributed by atoms with Gasteiger partial charge in [-0.3, -0.25) is 9.59 Å². The summed E-state index contributed by atoms with van der Waals surface area (Å²) in [6.45, 7) is 4.43. The summed E-state index contributed by atoms with van der Waals surface area (Å²) in [6.07, 6.45) is 1.08. The number of carbonyl (C=O) groups is 2. The largest absolute Gasteiger partial charge is 0.478 e. The van der Waals surface area contributed by atoms with Crippen molar-refractivity contribution in [3.63, 3.8) is 0 Å². The van der Waals surface area contributed by atoms with E-state index in [1.807, 2.05) is 37.3 Å². The summed E-state index contributed by atoms with van der Waals surface area (Å²) in [4.78, 5) is 25.0. The molecule has 0 radical (unpaired) electrons. The lowest BCUT2D eigenvalue weighted by atomic mass is 9.99. The number of benzene rings is 2. The molecule has 2 aromatic rings. The highest BCUT2D eigenvalue weighted by Gasteiger charge is 2.35. The third kappa shape index (κ3) is 4.89. The molecule has 176 valence electrons. The Kier molecular flexibility index (Phi) is 6.71. The fraction of sp³-hybridized carbons (Fsp3) is 0.417. The van der Waals surface area contributed by atoms with Crippen molar-refractivity contribution < 1.29 is 22.7 Å². The average molecular weight is 472 g/mol. The molecule has 9 heteroatoms. The van der Waals surface area contributed by atoms with Crippen LogP contribution in [-0.2, 0) is 26.2 Å². The smallest absolute Gasteiger partial charge is 0.265 e. The van der Waals surface area contributed by atoms with Crippen LogP contribution in [-0.4, -0.2) is 43.7 Å². The molecule has 2 aromatic carbocycles. The van der Waals surface area contributed by atoms with Crippen molar-refractivity contribution in [3.8, 4) is 5.75 Å². The van der Waals surface area contributed by atoms with Crippen molar-refractivity contribution in [2.75, 3.05) is 18.4 Å². The summed E-state index contributed by atoms with van der Waals surface area (Å²) in [5.74, 6) is -0.437. The van der Waals surface area contributed by atoms with Crippen LogP contribution in [0, 0.1) is 12.8 Å². The Hall–Kier alpha value is -2.91. The van der Waals surface area contributed by atoms with Gasteiger partial charge in [-0.05, 0) is 43.4 Å². The maximum absolute atomic E-state index is 13.5. The van der Waals surface area contributed by atoms with E-state index in [2.05, 4.69) is 10.6 Å². The predicted molar refractivity (Wildman–Crippen MR) is 124 cm³/mol. The van der Waals surface area contributed by atoms with E-state index in [1.165, 1.54) is 10.4 Å². The molecule has 0 saturated carbocycles. The van der Waals surface area contributed by atoms with Gasteiger partial charge in [0.25, 0.3) is 5.91 Å². The van der Waals surface area contributed by atoms with Gasteiger partial charge >= 0.3 is 0 Å². The van der Waals surface area contributed by atoms with E-state index in [0.29, 0.717) is 49.4 Å². The fourth-order valence-electron chi connectivity index (χ4n) is 4.27. The number of rotatable bonds is 6. The number of carbonyl (C=O) groups excluding carboxylic acids is 2. The molecule has 0 bridgehead atoms. The van der Waals surface area contributed by atoms with Crippen LogP contribution in [0.15, 0.2) is 47.4 Å². The van der Waals surface area contributed by atoms with Crippen molar-refractivity contribution in [1.82, 2.24) is 9.62 Å². The number of sulfonamides is 1. The zero-order valence-corrected chi connectivity index (χ0v) is 19.7. The Bertz CT molecular complexity index is 1150. The third-order valence-corrected chi connectivity index (χ3v) is 8.16. The molecule has 2 heterocycles. The van der Waals surface area contributed by atoms with E-state index in [-0.39, 0.29) is 23.3 Å². The zero-order valence-electron chi connectivity index (χ0n) is 18.8. The highest BCUT2D eigenvalue weighted by molar-refractivity contribution is 7.89. The first-order valence-electron chi connectivity index (χ1n) is 11.2. The number of hydrogen-bond donors (Lipinski definition) is 2. The average Bonchev–Trinajstić information content (AvgIpc) is 2.82. The molecule has 2 aliphatic rings. The fourth-order valence-corrected chi connectivity index (χ4v) is 6.02. The number of nitrogens with zero attached hydrogens (tertiary/aromatic N) is 1. The lowest BCUT2D eigenvalue weighted by Crippen LogP contribution is -2.45.